The average Bonchev–Trinajstić information content (AvgIpc) is 3.16. The van der Waals surface area contributed by atoms with Gasteiger partial charge in [-0.25, -0.2) is 0 Å². The highest BCUT2D eigenvalue weighted by Crippen LogP contribution is 2.30. The fourth-order valence-electron chi connectivity index (χ4n) is 2.81. The molecule has 2 aromatic carbocycles. The first-order chi connectivity index (χ1) is 14.2. The molecule has 0 aliphatic rings. The number of rotatable bonds is 6. The lowest BCUT2D eigenvalue weighted by Crippen LogP contribution is -2.39. The minimum Gasteiger partial charge on any atom is -0.350 e. The van der Waals surface area contributed by atoms with Crippen molar-refractivity contribution in [3.8, 4) is 0 Å². The van der Waals surface area contributed by atoms with Crippen molar-refractivity contribution in [2.45, 2.75) is 25.7 Å². The van der Waals surface area contributed by atoms with Gasteiger partial charge >= 0.3 is 6.18 Å². The third-order valence-electron chi connectivity index (χ3n) is 4.34. The molecule has 2 amide bonds. The van der Waals surface area contributed by atoms with Crippen LogP contribution in [-0.2, 0) is 17.5 Å². The predicted molar refractivity (Wildman–Crippen MR) is 109 cm³/mol. The van der Waals surface area contributed by atoms with Crippen LogP contribution in [0, 0.1) is 6.92 Å². The zero-order valence-corrected chi connectivity index (χ0v) is 16.8. The average molecular weight is 432 g/mol. The molecule has 0 aliphatic heterocycles. The Balaban J connectivity index is 1.79. The van der Waals surface area contributed by atoms with Crippen molar-refractivity contribution in [1.82, 2.24) is 10.6 Å². The Kier molecular flexibility index (Phi) is 6.56. The highest BCUT2D eigenvalue weighted by molar-refractivity contribution is 7.12. The first kappa shape index (κ1) is 21.6. The Morgan fingerprint density at radius 2 is 1.73 bits per heavy atom. The van der Waals surface area contributed by atoms with Crippen molar-refractivity contribution in [1.29, 1.82) is 0 Å². The first-order valence-electron chi connectivity index (χ1n) is 9.10. The molecule has 1 heterocycles. The van der Waals surface area contributed by atoms with E-state index in [1.165, 1.54) is 17.4 Å². The van der Waals surface area contributed by atoms with Gasteiger partial charge in [0.05, 0.1) is 5.56 Å². The number of alkyl halides is 3. The van der Waals surface area contributed by atoms with E-state index in [9.17, 15) is 22.8 Å². The largest absolute Gasteiger partial charge is 0.416 e. The number of hydrogen-bond donors (Lipinski definition) is 2. The molecule has 0 spiro atoms. The molecule has 0 fully saturated rings. The Labute approximate surface area is 175 Å². The summed E-state index contributed by atoms with van der Waals surface area (Å²) in [7, 11) is 0. The third kappa shape index (κ3) is 5.48. The van der Waals surface area contributed by atoms with E-state index >= 15 is 0 Å². The van der Waals surface area contributed by atoms with Crippen LogP contribution >= 0.6 is 11.3 Å². The molecule has 1 aromatic heterocycles. The molecule has 156 valence electrons. The number of nitrogens with one attached hydrogen (secondary N) is 2. The van der Waals surface area contributed by atoms with Gasteiger partial charge in [0.2, 0.25) is 5.91 Å². The molecule has 0 saturated carbocycles. The fourth-order valence-corrected chi connectivity index (χ4v) is 3.74. The van der Waals surface area contributed by atoms with E-state index in [1.807, 2.05) is 43.3 Å². The molecule has 2 N–H and O–H groups in total. The van der Waals surface area contributed by atoms with Crippen LogP contribution < -0.4 is 10.6 Å². The van der Waals surface area contributed by atoms with Gasteiger partial charge in [-0.05, 0) is 42.8 Å². The maximum Gasteiger partial charge on any atom is 0.416 e. The number of carbonyl (C=O) groups is 2. The van der Waals surface area contributed by atoms with E-state index < -0.39 is 29.6 Å². The molecule has 8 heteroatoms. The molecule has 0 radical (unpaired) electrons. The van der Waals surface area contributed by atoms with E-state index in [0.29, 0.717) is 4.88 Å². The van der Waals surface area contributed by atoms with E-state index in [-0.39, 0.29) is 12.1 Å². The zero-order valence-electron chi connectivity index (χ0n) is 16.0. The fraction of sp³-hybridized carbons (Fsp3) is 0.182. The van der Waals surface area contributed by atoms with E-state index in [0.717, 1.165) is 28.6 Å². The SMILES string of the molecule is Cc1ccc(C(NC(=O)c2cccc(C(F)(F)F)c2)C(=O)NCc2ccccc2)s1. The second kappa shape index (κ2) is 9.13. The van der Waals surface area contributed by atoms with Crippen molar-refractivity contribution < 1.29 is 22.8 Å². The monoisotopic (exact) mass is 432 g/mol. The minimum atomic E-state index is -4.56. The van der Waals surface area contributed by atoms with Crippen molar-refractivity contribution in [2.24, 2.45) is 0 Å². The second-order valence-electron chi connectivity index (χ2n) is 6.64. The standard InChI is InChI=1S/C22H19F3N2O2S/c1-14-10-11-18(30-14)19(21(29)26-13-15-6-3-2-4-7-15)27-20(28)16-8-5-9-17(12-16)22(23,24)25/h2-12,19H,13H2,1H3,(H,26,29)(H,27,28). The molecule has 1 atom stereocenters. The normalized spacial score (nSPS) is 12.3. The number of halogens is 3. The second-order valence-corrected chi connectivity index (χ2v) is 7.96. The van der Waals surface area contributed by atoms with Gasteiger partial charge in [0.25, 0.3) is 5.91 Å². The van der Waals surface area contributed by atoms with Gasteiger partial charge in [0.1, 0.15) is 6.04 Å². The molecule has 0 saturated heterocycles. The molecule has 0 bridgehead atoms. The quantitative estimate of drug-likeness (QED) is 0.584. The van der Waals surface area contributed by atoms with Gasteiger partial charge in [-0.3, -0.25) is 9.59 Å². The van der Waals surface area contributed by atoms with Crippen molar-refractivity contribution >= 4 is 23.2 Å². The highest BCUT2D eigenvalue weighted by Gasteiger charge is 2.31. The van der Waals surface area contributed by atoms with E-state index in [2.05, 4.69) is 10.6 Å². The Morgan fingerprint density at radius 3 is 2.37 bits per heavy atom. The van der Waals surface area contributed by atoms with Crippen molar-refractivity contribution in [3.05, 3.63) is 93.2 Å². The van der Waals surface area contributed by atoms with Crippen LogP contribution in [0.2, 0.25) is 0 Å². The van der Waals surface area contributed by atoms with Crippen LogP contribution in [0.25, 0.3) is 0 Å². The van der Waals surface area contributed by atoms with Crippen molar-refractivity contribution in [3.63, 3.8) is 0 Å². The van der Waals surface area contributed by atoms with Crippen LogP contribution in [0.4, 0.5) is 13.2 Å². The van der Waals surface area contributed by atoms with Gasteiger partial charge in [0.15, 0.2) is 0 Å². The molecule has 3 aromatic rings. The summed E-state index contributed by atoms with van der Waals surface area (Å²) in [5.41, 5.74) is -0.206. The maximum absolute atomic E-state index is 13.0. The summed E-state index contributed by atoms with van der Waals surface area (Å²) in [5.74, 6) is -1.20. The van der Waals surface area contributed by atoms with Crippen LogP contribution in [0.1, 0.15) is 37.3 Å². The van der Waals surface area contributed by atoms with Crippen LogP contribution in [-0.4, -0.2) is 11.8 Å². The zero-order chi connectivity index (χ0) is 21.7. The summed E-state index contributed by atoms with van der Waals surface area (Å²) in [5, 5.41) is 5.34. The number of thiophene rings is 1. The predicted octanol–water partition coefficient (Wildman–Crippen LogP) is 4.86. The highest BCUT2D eigenvalue weighted by atomic mass is 32.1. The van der Waals surface area contributed by atoms with Crippen molar-refractivity contribution in [2.75, 3.05) is 0 Å². The van der Waals surface area contributed by atoms with E-state index in [1.54, 1.807) is 6.07 Å². The van der Waals surface area contributed by atoms with E-state index in [4.69, 9.17) is 0 Å². The molecule has 30 heavy (non-hydrogen) atoms. The maximum atomic E-state index is 13.0. The molecule has 3 rings (SSSR count). The van der Waals surface area contributed by atoms with Crippen LogP contribution in [0.5, 0.6) is 0 Å². The third-order valence-corrected chi connectivity index (χ3v) is 5.41. The summed E-state index contributed by atoms with van der Waals surface area (Å²) in [6.07, 6.45) is -4.56. The Hall–Kier alpha value is -3.13. The van der Waals surface area contributed by atoms with Gasteiger partial charge in [-0.15, -0.1) is 11.3 Å². The Bertz CT molecular complexity index is 1030. The lowest BCUT2D eigenvalue weighted by Gasteiger charge is -2.18. The lowest BCUT2D eigenvalue weighted by atomic mass is 10.1. The van der Waals surface area contributed by atoms with Gasteiger partial charge in [-0.1, -0.05) is 36.4 Å². The summed E-state index contributed by atoms with van der Waals surface area (Å²) in [6.45, 7) is 2.13. The molecular weight excluding hydrogens is 413 g/mol. The van der Waals surface area contributed by atoms with Gasteiger partial charge < -0.3 is 10.6 Å². The van der Waals surface area contributed by atoms with Crippen LogP contribution in [0.3, 0.4) is 0 Å². The van der Waals surface area contributed by atoms with Gasteiger partial charge in [0, 0.05) is 21.9 Å². The molecule has 1 unspecified atom stereocenters. The number of amides is 2. The van der Waals surface area contributed by atoms with Crippen LogP contribution in [0.15, 0.2) is 66.7 Å². The minimum absolute atomic E-state index is 0.168. The Morgan fingerprint density at radius 1 is 1.00 bits per heavy atom. The summed E-state index contributed by atoms with van der Waals surface area (Å²) in [6, 6.07) is 15.9. The summed E-state index contributed by atoms with van der Waals surface area (Å²) < 4.78 is 38.9. The molecule has 0 aliphatic carbocycles. The number of benzene rings is 2. The topological polar surface area (TPSA) is 58.2 Å². The number of carbonyl (C=O) groups excluding carboxylic acids is 2. The lowest BCUT2D eigenvalue weighted by molar-refractivity contribution is -0.137. The first-order valence-corrected chi connectivity index (χ1v) is 9.92. The molecular formula is C22H19F3N2O2S. The number of aryl methyl sites for hydroxylation is 1. The smallest absolute Gasteiger partial charge is 0.350 e. The number of hydrogen-bond acceptors (Lipinski definition) is 3. The van der Waals surface area contributed by atoms with Gasteiger partial charge in [-0.2, -0.15) is 13.2 Å². The summed E-state index contributed by atoms with van der Waals surface area (Å²) in [4.78, 5) is 27.0. The molecule has 4 nitrogen and oxygen atoms in total. The summed E-state index contributed by atoms with van der Waals surface area (Å²) >= 11 is 1.33.